The summed E-state index contributed by atoms with van der Waals surface area (Å²) in [7, 11) is 0. The summed E-state index contributed by atoms with van der Waals surface area (Å²) in [6.07, 6.45) is 9.81. The molecule has 2 aliphatic carbocycles. The van der Waals surface area contributed by atoms with Crippen LogP contribution in [0.4, 0.5) is 0 Å². The van der Waals surface area contributed by atoms with Gasteiger partial charge in [0, 0.05) is 63.1 Å². The van der Waals surface area contributed by atoms with Crippen molar-refractivity contribution in [1.82, 2.24) is 19.8 Å². The molecule has 6 heteroatoms. The summed E-state index contributed by atoms with van der Waals surface area (Å²) < 4.78 is 0. The highest BCUT2D eigenvalue weighted by Gasteiger charge is 2.55. The summed E-state index contributed by atoms with van der Waals surface area (Å²) in [5.74, 6) is 3.54. The molecule has 5 rings (SSSR count). The number of piperidine rings is 1. The highest BCUT2D eigenvalue weighted by molar-refractivity contribution is 5.82. The van der Waals surface area contributed by atoms with Gasteiger partial charge in [-0.25, -0.2) is 9.97 Å². The molecule has 3 fully saturated rings. The third-order valence-electron chi connectivity index (χ3n) is 7.51. The minimum atomic E-state index is 0.113. The number of likely N-dealkylation sites (tertiary alicyclic amines) is 1. The third-order valence-corrected chi connectivity index (χ3v) is 7.51. The molecule has 6 nitrogen and oxygen atoms in total. The second kappa shape index (κ2) is 7.12. The Hall–Kier alpha value is -1.98. The fraction of sp³-hybridized carbons (Fsp3) is 0.727. The molecule has 0 spiro atoms. The van der Waals surface area contributed by atoms with Crippen LogP contribution < -0.4 is 0 Å². The van der Waals surface area contributed by atoms with E-state index in [-0.39, 0.29) is 5.91 Å². The van der Waals surface area contributed by atoms with Crippen molar-refractivity contribution in [2.45, 2.75) is 64.3 Å². The fourth-order valence-corrected chi connectivity index (χ4v) is 5.72. The van der Waals surface area contributed by atoms with Gasteiger partial charge >= 0.3 is 0 Å². The van der Waals surface area contributed by atoms with Crippen LogP contribution >= 0.6 is 0 Å². The Morgan fingerprint density at radius 3 is 2.39 bits per heavy atom. The monoisotopic (exact) mass is 382 g/mol. The zero-order valence-corrected chi connectivity index (χ0v) is 16.8. The maximum atomic E-state index is 12.9. The van der Waals surface area contributed by atoms with E-state index in [0.29, 0.717) is 36.1 Å². The lowest BCUT2D eigenvalue weighted by atomic mass is 9.95. The Morgan fingerprint density at radius 2 is 1.71 bits per heavy atom. The van der Waals surface area contributed by atoms with Crippen LogP contribution in [-0.4, -0.2) is 51.2 Å². The van der Waals surface area contributed by atoms with Gasteiger partial charge in [0.15, 0.2) is 0 Å². The van der Waals surface area contributed by atoms with Crippen LogP contribution in [0.1, 0.15) is 68.4 Å². The van der Waals surface area contributed by atoms with E-state index in [0.717, 1.165) is 56.0 Å². The molecule has 0 unspecified atom stereocenters. The van der Waals surface area contributed by atoms with Crippen LogP contribution in [0.3, 0.4) is 0 Å². The van der Waals surface area contributed by atoms with Gasteiger partial charge in [-0.3, -0.25) is 9.59 Å². The molecule has 4 aliphatic rings. The minimum absolute atomic E-state index is 0.113. The Kier molecular flexibility index (Phi) is 4.60. The molecular formula is C22H30N4O2. The first-order chi connectivity index (χ1) is 13.6. The molecule has 2 aliphatic heterocycles. The molecule has 0 N–H and O–H groups in total. The Morgan fingerprint density at radius 1 is 1.00 bits per heavy atom. The van der Waals surface area contributed by atoms with Crippen molar-refractivity contribution in [3.63, 3.8) is 0 Å². The van der Waals surface area contributed by atoms with Crippen LogP contribution in [0, 0.1) is 17.8 Å². The predicted molar refractivity (Wildman–Crippen MR) is 104 cm³/mol. The third kappa shape index (κ3) is 3.20. The van der Waals surface area contributed by atoms with Crippen molar-refractivity contribution in [2.75, 3.05) is 19.6 Å². The van der Waals surface area contributed by atoms with Crippen molar-refractivity contribution < 1.29 is 9.59 Å². The smallest absolute Gasteiger partial charge is 0.226 e. The lowest BCUT2D eigenvalue weighted by Crippen LogP contribution is -2.40. The summed E-state index contributed by atoms with van der Waals surface area (Å²) in [5.41, 5.74) is 2.18. The van der Waals surface area contributed by atoms with Crippen LogP contribution in [-0.2, 0) is 22.6 Å². The van der Waals surface area contributed by atoms with E-state index in [9.17, 15) is 9.59 Å². The van der Waals surface area contributed by atoms with E-state index in [4.69, 9.17) is 4.98 Å². The lowest BCUT2D eigenvalue weighted by Gasteiger charge is -2.32. The summed E-state index contributed by atoms with van der Waals surface area (Å²) in [5, 5.41) is 0. The molecule has 1 saturated heterocycles. The molecule has 2 saturated carbocycles. The first kappa shape index (κ1) is 18.1. The van der Waals surface area contributed by atoms with Gasteiger partial charge in [0.05, 0.1) is 5.69 Å². The van der Waals surface area contributed by atoms with Gasteiger partial charge in [-0.05, 0) is 37.5 Å². The molecule has 0 radical (unpaired) electrons. The lowest BCUT2D eigenvalue weighted by molar-refractivity contribution is -0.134. The van der Waals surface area contributed by atoms with Gasteiger partial charge in [0.2, 0.25) is 11.8 Å². The van der Waals surface area contributed by atoms with Crippen molar-refractivity contribution in [3.05, 3.63) is 23.3 Å². The first-order valence-corrected chi connectivity index (χ1v) is 11.0. The zero-order chi connectivity index (χ0) is 19.3. The molecule has 1 aromatic heterocycles. The Bertz CT molecular complexity index is 775. The van der Waals surface area contributed by atoms with Gasteiger partial charge in [-0.2, -0.15) is 0 Å². The van der Waals surface area contributed by atoms with Gasteiger partial charge < -0.3 is 9.80 Å². The molecule has 28 heavy (non-hydrogen) atoms. The van der Waals surface area contributed by atoms with Crippen LogP contribution in [0.25, 0.3) is 0 Å². The van der Waals surface area contributed by atoms with Crippen LogP contribution in [0.5, 0.6) is 0 Å². The number of carbonyl (C=O) groups excluding carboxylic acids is 2. The molecule has 1 aromatic rings. The second-order valence-electron chi connectivity index (χ2n) is 9.13. The standard InChI is InChI=1S/C22H30N4O2/c1-14(27)26-11-8-19-16(13-26)12-23-21(24-19)15-6-9-25(10-7-15)22(28)20-17-4-2-3-5-18(17)20/h12,15,17-18,20H,2-11,13H2,1H3/t17-,18-/m1/s1. The normalized spacial score (nSPS) is 29.8. The van der Waals surface area contributed by atoms with Crippen molar-refractivity contribution >= 4 is 11.8 Å². The quantitative estimate of drug-likeness (QED) is 0.788. The summed E-state index contributed by atoms with van der Waals surface area (Å²) >= 11 is 0. The Balaban J connectivity index is 1.19. The van der Waals surface area contributed by atoms with Gasteiger partial charge in [0.25, 0.3) is 0 Å². The van der Waals surface area contributed by atoms with E-state index in [1.807, 2.05) is 11.1 Å². The van der Waals surface area contributed by atoms with Gasteiger partial charge in [-0.15, -0.1) is 0 Å². The first-order valence-electron chi connectivity index (χ1n) is 11.0. The van der Waals surface area contributed by atoms with E-state index in [1.165, 1.54) is 25.7 Å². The fourth-order valence-electron chi connectivity index (χ4n) is 5.72. The predicted octanol–water partition coefficient (Wildman–Crippen LogP) is 2.52. The largest absolute Gasteiger partial charge is 0.342 e. The van der Waals surface area contributed by atoms with Crippen LogP contribution in [0.2, 0.25) is 0 Å². The molecule has 0 bridgehead atoms. The number of amides is 2. The maximum absolute atomic E-state index is 12.9. The van der Waals surface area contributed by atoms with E-state index < -0.39 is 0 Å². The van der Waals surface area contributed by atoms with E-state index in [1.54, 1.807) is 6.92 Å². The zero-order valence-electron chi connectivity index (χ0n) is 16.8. The van der Waals surface area contributed by atoms with E-state index in [2.05, 4.69) is 9.88 Å². The Labute approximate surface area is 166 Å². The number of carbonyl (C=O) groups is 2. The van der Waals surface area contributed by atoms with Crippen molar-refractivity contribution in [1.29, 1.82) is 0 Å². The highest BCUT2D eigenvalue weighted by atomic mass is 16.2. The average molecular weight is 383 g/mol. The summed E-state index contributed by atoms with van der Waals surface area (Å²) in [6.45, 7) is 4.68. The molecule has 2 amide bonds. The van der Waals surface area contributed by atoms with Gasteiger partial charge in [0.1, 0.15) is 5.82 Å². The minimum Gasteiger partial charge on any atom is -0.342 e. The van der Waals surface area contributed by atoms with Crippen LogP contribution in [0.15, 0.2) is 6.20 Å². The average Bonchev–Trinajstić information content (AvgIpc) is 3.47. The number of aromatic nitrogens is 2. The van der Waals surface area contributed by atoms with Crippen molar-refractivity contribution in [3.8, 4) is 0 Å². The molecule has 0 aromatic carbocycles. The SMILES string of the molecule is CC(=O)N1CCc2nc(C3CCN(C(=O)C4[C@@H]5CCCC[C@@H]45)CC3)ncc2C1. The maximum Gasteiger partial charge on any atom is 0.226 e. The number of rotatable bonds is 2. The number of nitrogens with zero attached hydrogens (tertiary/aromatic N) is 4. The number of fused-ring (bicyclic) bond motifs is 2. The highest BCUT2D eigenvalue weighted by Crippen LogP contribution is 2.56. The molecule has 2 atom stereocenters. The summed E-state index contributed by atoms with van der Waals surface area (Å²) in [6, 6.07) is 0. The second-order valence-corrected chi connectivity index (χ2v) is 9.13. The topological polar surface area (TPSA) is 66.4 Å². The van der Waals surface area contributed by atoms with Gasteiger partial charge in [-0.1, -0.05) is 12.8 Å². The summed E-state index contributed by atoms with van der Waals surface area (Å²) in [4.78, 5) is 38.0. The number of hydrogen-bond donors (Lipinski definition) is 0. The molecule has 150 valence electrons. The van der Waals surface area contributed by atoms with E-state index >= 15 is 0 Å². The van der Waals surface area contributed by atoms with Crippen molar-refractivity contribution in [2.24, 2.45) is 17.8 Å². The molecule has 3 heterocycles. The molecular weight excluding hydrogens is 352 g/mol. The number of hydrogen-bond acceptors (Lipinski definition) is 4.